The lowest BCUT2D eigenvalue weighted by atomic mass is 10.0. The number of aromatic amines is 1. The van der Waals surface area contributed by atoms with Crippen molar-refractivity contribution >= 4 is 0 Å². The Morgan fingerprint density at radius 3 is 2.75 bits per heavy atom. The molecule has 1 heterocycles. The summed E-state index contributed by atoms with van der Waals surface area (Å²) in [6.07, 6.45) is 4.39. The van der Waals surface area contributed by atoms with Gasteiger partial charge in [0.15, 0.2) is 0 Å². The Morgan fingerprint density at radius 1 is 1.30 bits per heavy atom. The van der Waals surface area contributed by atoms with Gasteiger partial charge in [0.2, 0.25) is 0 Å². The van der Waals surface area contributed by atoms with E-state index in [0.29, 0.717) is 0 Å². The van der Waals surface area contributed by atoms with E-state index in [1.165, 1.54) is 0 Å². The van der Waals surface area contributed by atoms with E-state index in [-0.39, 0.29) is 6.04 Å². The van der Waals surface area contributed by atoms with Crippen LogP contribution in [0.2, 0.25) is 0 Å². The minimum absolute atomic E-state index is 0.145. The molecule has 1 unspecified atom stereocenters. The maximum absolute atomic E-state index is 5.48. The van der Waals surface area contributed by atoms with Crippen molar-refractivity contribution in [1.29, 1.82) is 0 Å². The average molecular weight is 275 g/mol. The molecule has 0 fully saturated rings. The molecule has 0 saturated heterocycles. The molecule has 2 N–H and O–H groups in total. The van der Waals surface area contributed by atoms with E-state index in [4.69, 9.17) is 9.47 Å². The second-order valence-corrected chi connectivity index (χ2v) is 4.46. The van der Waals surface area contributed by atoms with Gasteiger partial charge in [0.25, 0.3) is 0 Å². The summed E-state index contributed by atoms with van der Waals surface area (Å²) >= 11 is 0. The Balaban J connectivity index is 2.28. The van der Waals surface area contributed by atoms with Crippen molar-refractivity contribution in [2.45, 2.75) is 19.4 Å². The summed E-state index contributed by atoms with van der Waals surface area (Å²) in [4.78, 5) is 7.43. The molecule has 2 rings (SSSR count). The fraction of sp³-hybridized carbons (Fsp3) is 0.400. The van der Waals surface area contributed by atoms with Crippen LogP contribution in [0.25, 0.3) is 0 Å². The molecule has 1 aromatic carbocycles. The molecule has 20 heavy (non-hydrogen) atoms. The Bertz CT molecular complexity index is 526. The van der Waals surface area contributed by atoms with Gasteiger partial charge in [-0.15, -0.1) is 0 Å². The maximum Gasteiger partial charge on any atom is 0.127 e. The lowest BCUT2D eigenvalue weighted by molar-refractivity contribution is 0.384. The zero-order valence-corrected chi connectivity index (χ0v) is 12.1. The van der Waals surface area contributed by atoms with Crippen molar-refractivity contribution in [2.24, 2.45) is 0 Å². The zero-order chi connectivity index (χ0) is 14.4. The van der Waals surface area contributed by atoms with E-state index in [2.05, 4.69) is 22.2 Å². The molecule has 0 aliphatic carbocycles. The van der Waals surface area contributed by atoms with Crippen LogP contribution >= 0.6 is 0 Å². The number of methoxy groups -OCH3 is 2. The lowest BCUT2D eigenvalue weighted by Crippen LogP contribution is -2.24. The van der Waals surface area contributed by atoms with E-state index in [9.17, 15) is 0 Å². The van der Waals surface area contributed by atoms with Gasteiger partial charge in [-0.1, -0.05) is 13.0 Å². The van der Waals surface area contributed by atoms with Crippen molar-refractivity contribution in [3.05, 3.63) is 42.0 Å². The monoisotopic (exact) mass is 275 g/mol. The number of nitrogens with zero attached hydrogens (tertiary/aromatic N) is 1. The molecule has 0 aliphatic heterocycles. The van der Waals surface area contributed by atoms with Crippen LogP contribution in [0.1, 0.15) is 24.4 Å². The predicted octanol–water partition coefficient (Wildman–Crippen LogP) is 2.32. The first-order valence-electron chi connectivity index (χ1n) is 6.72. The standard InChI is InChI=1S/C15H21N3O2/c1-4-16-13(10-15-17-7-8-18-15)12-6-5-11(19-2)9-14(12)20-3/h5-9,13,16H,4,10H2,1-3H3,(H,17,18). The maximum atomic E-state index is 5.48. The largest absolute Gasteiger partial charge is 0.497 e. The van der Waals surface area contributed by atoms with Gasteiger partial charge in [-0.25, -0.2) is 4.98 Å². The van der Waals surface area contributed by atoms with Crippen LogP contribution in [0.5, 0.6) is 11.5 Å². The van der Waals surface area contributed by atoms with Crippen molar-refractivity contribution in [3.63, 3.8) is 0 Å². The molecule has 0 radical (unpaired) electrons. The highest BCUT2D eigenvalue weighted by Gasteiger charge is 2.17. The van der Waals surface area contributed by atoms with Crippen LogP contribution in [-0.2, 0) is 6.42 Å². The number of benzene rings is 1. The van der Waals surface area contributed by atoms with Gasteiger partial charge in [0.05, 0.1) is 14.2 Å². The summed E-state index contributed by atoms with van der Waals surface area (Å²) in [7, 11) is 3.33. The van der Waals surface area contributed by atoms with E-state index in [1.807, 2.05) is 24.4 Å². The number of nitrogens with one attached hydrogen (secondary N) is 2. The van der Waals surface area contributed by atoms with Gasteiger partial charge in [-0.2, -0.15) is 0 Å². The smallest absolute Gasteiger partial charge is 0.127 e. The van der Waals surface area contributed by atoms with Crippen molar-refractivity contribution in [3.8, 4) is 11.5 Å². The Kier molecular flexibility index (Phi) is 5.01. The number of ether oxygens (including phenoxy) is 2. The average Bonchev–Trinajstić information content (AvgIpc) is 2.99. The summed E-state index contributed by atoms with van der Waals surface area (Å²) < 4.78 is 10.7. The molecule has 0 bridgehead atoms. The first-order chi connectivity index (χ1) is 9.78. The van der Waals surface area contributed by atoms with Crippen LogP contribution < -0.4 is 14.8 Å². The van der Waals surface area contributed by atoms with E-state index in [0.717, 1.165) is 35.9 Å². The second-order valence-electron chi connectivity index (χ2n) is 4.46. The molecule has 0 saturated carbocycles. The molecule has 5 heteroatoms. The quantitative estimate of drug-likeness (QED) is 0.814. The third-order valence-corrected chi connectivity index (χ3v) is 3.22. The number of hydrogen-bond donors (Lipinski definition) is 2. The fourth-order valence-corrected chi connectivity index (χ4v) is 2.25. The molecule has 0 amide bonds. The van der Waals surface area contributed by atoms with Gasteiger partial charge >= 0.3 is 0 Å². The molecule has 1 aromatic heterocycles. The van der Waals surface area contributed by atoms with Crippen LogP contribution in [0.15, 0.2) is 30.6 Å². The second kappa shape index (κ2) is 6.96. The van der Waals surface area contributed by atoms with Crippen molar-refractivity contribution in [1.82, 2.24) is 15.3 Å². The number of aromatic nitrogens is 2. The summed E-state index contributed by atoms with van der Waals surface area (Å²) in [5.74, 6) is 2.56. The Hall–Kier alpha value is -2.01. The highest BCUT2D eigenvalue weighted by atomic mass is 16.5. The Labute approximate surface area is 119 Å². The third-order valence-electron chi connectivity index (χ3n) is 3.22. The molecule has 108 valence electrons. The van der Waals surface area contributed by atoms with Crippen LogP contribution in [0.4, 0.5) is 0 Å². The highest BCUT2D eigenvalue weighted by Crippen LogP contribution is 2.30. The topological polar surface area (TPSA) is 59.2 Å². The van der Waals surface area contributed by atoms with E-state index >= 15 is 0 Å². The predicted molar refractivity (Wildman–Crippen MR) is 78.3 cm³/mol. The molecule has 0 aliphatic rings. The summed E-state index contributed by atoms with van der Waals surface area (Å²) in [6, 6.07) is 6.03. The highest BCUT2D eigenvalue weighted by molar-refractivity contribution is 5.42. The van der Waals surface area contributed by atoms with Gasteiger partial charge in [-0.3, -0.25) is 0 Å². The normalized spacial score (nSPS) is 12.2. The summed E-state index contributed by atoms with van der Waals surface area (Å²) in [6.45, 7) is 2.96. The van der Waals surface area contributed by atoms with E-state index < -0.39 is 0 Å². The van der Waals surface area contributed by atoms with Gasteiger partial charge < -0.3 is 19.8 Å². The summed E-state index contributed by atoms with van der Waals surface area (Å²) in [5.41, 5.74) is 1.10. The van der Waals surface area contributed by atoms with Crippen LogP contribution in [-0.4, -0.2) is 30.7 Å². The van der Waals surface area contributed by atoms with Crippen molar-refractivity contribution in [2.75, 3.05) is 20.8 Å². The van der Waals surface area contributed by atoms with Gasteiger partial charge in [0.1, 0.15) is 17.3 Å². The molecule has 0 spiro atoms. The SMILES string of the molecule is CCNC(Cc1ncc[nH]1)c1ccc(OC)cc1OC. The molecular weight excluding hydrogens is 254 g/mol. The third kappa shape index (κ3) is 3.30. The number of hydrogen-bond acceptors (Lipinski definition) is 4. The molecule has 1 atom stereocenters. The summed E-state index contributed by atoms with van der Waals surface area (Å²) in [5, 5.41) is 3.47. The zero-order valence-electron chi connectivity index (χ0n) is 12.1. The molecule has 2 aromatic rings. The Morgan fingerprint density at radius 2 is 2.15 bits per heavy atom. The number of likely N-dealkylation sites (N-methyl/N-ethyl adjacent to an activating group) is 1. The minimum Gasteiger partial charge on any atom is -0.497 e. The first-order valence-corrected chi connectivity index (χ1v) is 6.72. The minimum atomic E-state index is 0.145. The van der Waals surface area contributed by atoms with Crippen LogP contribution in [0, 0.1) is 0 Å². The van der Waals surface area contributed by atoms with Crippen LogP contribution in [0.3, 0.4) is 0 Å². The fourth-order valence-electron chi connectivity index (χ4n) is 2.25. The van der Waals surface area contributed by atoms with Gasteiger partial charge in [0, 0.05) is 36.5 Å². The number of rotatable bonds is 7. The number of H-pyrrole nitrogens is 1. The molecule has 5 nitrogen and oxygen atoms in total. The van der Waals surface area contributed by atoms with E-state index in [1.54, 1.807) is 20.4 Å². The number of imidazole rings is 1. The van der Waals surface area contributed by atoms with Gasteiger partial charge in [-0.05, 0) is 12.6 Å². The van der Waals surface area contributed by atoms with Crippen molar-refractivity contribution < 1.29 is 9.47 Å². The lowest BCUT2D eigenvalue weighted by Gasteiger charge is -2.20. The molecular formula is C15H21N3O2. The first kappa shape index (κ1) is 14.4.